The summed E-state index contributed by atoms with van der Waals surface area (Å²) in [6, 6.07) is 8.14. The second-order valence-electron chi connectivity index (χ2n) is 4.94. The Morgan fingerprint density at radius 1 is 1.30 bits per heavy atom. The third kappa shape index (κ3) is 4.66. The predicted octanol–water partition coefficient (Wildman–Crippen LogP) is 2.76. The maximum atomic E-state index is 12.7. The third-order valence-electron chi connectivity index (χ3n) is 2.96. The van der Waals surface area contributed by atoms with Crippen LogP contribution in [0.5, 0.6) is 5.75 Å². The minimum Gasteiger partial charge on any atom is -0.494 e. The van der Waals surface area contributed by atoms with Gasteiger partial charge in [0.15, 0.2) is 0 Å². The number of hydrogen-bond acceptors (Lipinski definition) is 3. The molecule has 1 aromatic carbocycles. The molecule has 1 heterocycles. The van der Waals surface area contributed by atoms with Crippen LogP contribution in [0.2, 0.25) is 0 Å². The normalized spacial score (nSPS) is 11.0. The summed E-state index contributed by atoms with van der Waals surface area (Å²) in [5.41, 5.74) is 2.12. The van der Waals surface area contributed by atoms with Gasteiger partial charge in [-0.2, -0.15) is 5.10 Å². The minimum absolute atomic E-state index is 0.244. The van der Waals surface area contributed by atoms with Crippen molar-refractivity contribution in [1.82, 2.24) is 15.1 Å². The second-order valence-corrected chi connectivity index (χ2v) is 4.94. The molecule has 4 nitrogen and oxygen atoms in total. The molecule has 2 aromatic rings. The van der Waals surface area contributed by atoms with E-state index in [1.807, 2.05) is 13.0 Å². The molecule has 0 spiro atoms. The molecule has 0 fully saturated rings. The molecule has 0 saturated carbocycles. The lowest BCUT2D eigenvalue weighted by molar-refractivity contribution is 0.257. The first-order valence-electron chi connectivity index (χ1n) is 6.71. The van der Waals surface area contributed by atoms with Gasteiger partial charge in [-0.15, -0.1) is 0 Å². The van der Waals surface area contributed by atoms with Gasteiger partial charge in [0.2, 0.25) is 0 Å². The van der Waals surface area contributed by atoms with Crippen molar-refractivity contribution < 1.29 is 9.13 Å². The standard InChI is InChI=1S/C15H20FN3O/c1-12-10-14(18-17-12)11-19(2)8-3-9-20-15-6-4-13(16)5-7-15/h4-7,10H,3,8-9,11H2,1-2H3,(H,17,18). The molecule has 2 rings (SSSR count). The highest BCUT2D eigenvalue weighted by Crippen LogP contribution is 2.11. The molecule has 1 aromatic heterocycles. The van der Waals surface area contributed by atoms with Crippen LogP contribution in [0.3, 0.4) is 0 Å². The Balaban J connectivity index is 1.64. The van der Waals surface area contributed by atoms with E-state index in [0.717, 1.165) is 30.9 Å². The van der Waals surface area contributed by atoms with Gasteiger partial charge in [0.25, 0.3) is 0 Å². The quantitative estimate of drug-likeness (QED) is 0.791. The Kier molecular flexibility index (Phi) is 5.12. The van der Waals surface area contributed by atoms with Gasteiger partial charge in [-0.25, -0.2) is 4.39 Å². The zero-order valence-corrected chi connectivity index (χ0v) is 11.9. The van der Waals surface area contributed by atoms with E-state index in [1.54, 1.807) is 12.1 Å². The highest BCUT2D eigenvalue weighted by molar-refractivity contribution is 5.21. The number of benzene rings is 1. The van der Waals surface area contributed by atoms with Crippen LogP contribution in [-0.4, -0.2) is 35.3 Å². The maximum absolute atomic E-state index is 12.7. The molecule has 1 N–H and O–H groups in total. The van der Waals surface area contributed by atoms with Crippen molar-refractivity contribution in [2.24, 2.45) is 0 Å². The number of H-pyrrole nitrogens is 1. The highest BCUT2D eigenvalue weighted by Gasteiger charge is 2.03. The molecule has 0 bridgehead atoms. The first kappa shape index (κ1) is 14.5. The van der Waals surface area contributed by atoms with Gasteiger partial charge in [-0.05, 0) is 50.7 Å². The predicted molar refractivity (Wildman–Crippen MR) is 76.2 cm³/mol. The third-order valence-corrected chi connectivity index (χ3v) is 2.96. The van der Waals surface area contributed by atoms with E-state index >= 15 is 0 Å². The second kappa shape index (κ2) is 7.05. The SMILES string of the molecule is Cc1cc(CN(C)CCCOc2ccc(F)cc2)n[nH]1. The molecule has 0 unspecified atom stereocenters. The Morgan fingerprint density at radius 2 is 2.05 bits per heavy atom. The van der Waals surface area contributed by atoms with E-state index in [-0.39, 0.29) is 5.82 Å². The number of nitrogens with one attached hydrogen (secondary N) is 1. The van der Waals surface area contributed by atoms with Crippen molar-refractivity contribution in [3.63, 3.8) is 0 Å². The van der Waals surface area contributed by atoms with Crippen LogP contribution in [0.25, 0.3) is 0 Å². The summed E-state index contributed by atoms with van der Waals surface area (Å²) in [4.78, 5) is 2.20. The number of aryl methyl sites for hydroxylation is 1. The lowest BCUT2D eigenvalue weighted by Gasteiger charge is -2.15. The van der Waals surface area contributed by atoms with Gasteiger partial charge in [0.1, 0.15) is 11.6 Å². The van der Waals surface area contributed by atoms with E-state index in [4.69, 9.17) is 4.74 Å². The molecule has 5 heteroatoms. The van der Waals surface area contributed by atoms with E-state index in [1.165, 1.54) is 12.1 Å². The summed E-state index contributed by atoms with van der Waals surface area (Å²) in [5, 5.41) is 7.14. The molecule has 0 aliphatic carbocycles. The summed E-state index contributed by atoms with van der Waals surface area (Å²) >= 11 is 0. The lowest BCUT2D eigenvalue weighted by atomic mass is 10.3. The van der Waals surface area contributed by atoms with E-state index in [9.17, 15) is 4.39 Å². The average Bonchev–Trinajstić information content (AvgIpc) is 2.82. The van der Waals surface area contributed by atoms with Crippen LogP contribution in [0, 0.1) is 12.7 Å². The van der Waals surface area contributed by atoms with Crippen molar-refractivity contribution in [3.8, 4) is 5.75 Å². The van der Waals surface area contributed by atoms with E-state index in [0.29, 0.717) is 12.4 Å². The van der Waals surface area contributed by atoms with Crippen molar-refractivity contribution in [3.05, 3.63) is 47.5 Å². The van der Waals surface area contributed by atoms with Crippen molar-refractivity contribution in [2.45, 2.75) is 19.9 Å². The topological polar surface area (TPSA) is 41.1 Å². The Morgan fingerprint density at radius 3 is 2.70 bits per heavy atom. The summed E-state index contributed by atoms with van der Waals surface area (Å²) < 4.78 is 18.3. The zero-order chi connectivity index (χ0) is 14.4. The number of nitrogens with zero attached hydrogens (tertiary/aromatic N) is 2. The van der Waals surface area contributed by atoms with Crippen LogP contribution in [0.4, 0.5) is 4.39 Å². The average molecular weight is 277 g/mol. The van der Waals surface area contributed by atoms with Crippen LogP contribution < -0.4 is 4.74 Å². The van der Waals surface area contributed by atoms with Gasteiger partial charge >= 0.3 is 0 Å². The van der Waals surface area contributed by atoms with Crippen molar-refractivity contribution >= 4 is 0 Å². The van der Waals surface area contributed by atoms with Crippen LogP contribution in [-0.2, 0) is 6.54 Å². The molecule has 0 aliphatic rings. The summed E-state index contributed by atoms with van der Waals surface area (Å²) in [5.74, 6) is 0.461. The van der Waals surface area contributed by atoms with Gasteiger partial charge in [-0.3, -0.25) is 5.10 Å². The summed E-state index contributed by atoms with van der Waals surface area (Å²) in [6.45, 7) is 4.36. The Bertz CT molecular complexity index is 524. The molecule has 0 amide bonds. The lowest BCUT2D eigenvalue weighted by Crippen LogP contribution is -2.21. The molecular weight excluding hydrogens is 257 g/mol. The molecule has 0 saturated heterocycles. The molecule has 0 atom stereocenters. The molecular formula is C15H20FN3O. The molecule has 20 heavy (non-hydrogen) atoms. The fraction of sp³-hybridized carbons (Fsp3) is 0.400. The number of aromatic amines is 1. The van der Waals surface area contributed by atoms with E-state index < -0.39 is 0 Å². The summed E-state index contributed by atoms with van der Waals surface area (Å²) in [6.07, 6.45) is 0.914. The number of ether oxygens (including phenoxy) is 1. The smallest absolute Gasteiger partial charge is 0.123 e. The number of hydrogen-bond donors (Lipinski definition) is 1. The number of aromatic nitrogens is 2. The van der Waals surface area contributed by atoms with Gasteiger partial charge in [-0.1, -0.05) is 0 Å². The van der Waals surface area contributed by atoms with Crippen LogP contribution in [0.15, 0.2) is 30.3 Å². The minimum atomic E-state index is -0.244. The zero-order valence-electron chi connectivity index (χ0n) is 11.9. The Hall–Kier alpha value is -1.88. The van der Waals surface area contributed by atoms with Crippen LogP contribution in [0.1, 0.15) is 17.8 Å². The maximum Gasteiger partial charge on any atom is 0.123 e. The first-order chi connectivity index (χ1) is 9.63. The molecule has 0 radical (unpaired) electrons. The highest BCUT2D eigenvalue weighted by atomic mass is 19.1. The number of rotatable bonds is 7. The fourth-order valence-corrected chi connectivity index (χ4v) is 1.97. The fourth-order valence-electron chi connectivity index (χ4n) is 1.97. The molecule has 108 valence electrons. The van der Waals surface area contributed by atoms with Gasteiger partial charge in [0, 0.05) is 18.8 Å². The van der Waals surface area contributed by atoms with Gasteiger partial charge in [0.05, 0.1) is 12.3 Å². The monoisotopic (exact) mass is 277 g/mol. The number of halogens is 1. The van der Waals surface area contributed by atoms with Crippen molar-refractivity contribution in [1.29, 1.82) is 0 Å². The molecule has 0 aliphatic heterocycles. The Labute approximate surface area is 118 Å². The van der Waals surface area contributed by atoms with Crippen molar-refractivity contribution in [2.75, 3.05) is 20.2 Å². The van der Waals surface area contributed by atoms with Gasteiger partial charge < -0.3 is 9.64 Å². The van der Waals surface area contributed by atoms with E-state index in [2.05, 4.69) is 22.1 Å². The van der Waals surface area contributed by atoms with Crippen LogP contribution >= 0.6 is 0 Å². The summed E-state index contributed by atoms with van der Waals surface area (Å²) in [7, 11) is 2.06. The first-order valence-corrected chi connectivity index (χ1v) is 6.71. The largest absolute Gasteiger partial charge is 0.494 e.